The first-order valence-electron chi connectivity index (χ1n) is 5.30. The molecule has 1 aromatic heterocycles. The van der Waals surface area contributed by atoms with Gasteiger partial charge in [-0.15, -0.1) is 11.6 Å². The fourth-order valence-corrected chi connectivity index (χ4v) is 1.85. The van der Waals surface area contributed by atoms with Gasteiger partial charge < -0.3 is 5.32 Å². The van der Waals surface area contributed by atoms with Crippen molar-refractivity contribution in [1.82, 2.24) is 15.5 Å². The maximum atomic E-state index is 11.8. The predicted octanol–water partition coefficient (Wildman–Crippen LogP) is 2.10. The SMILES string of the molecule is Cc1[nH]ncc1C(=O)NCC(C)(C)CCCl. The summed E-state index contributed by atoms with van der Waals surface area (Å²) in [6.45, 7) is 6.60. The Balaban J connectivity index is 2.51. The Morgan fingerprint density at radius 2 is 2.31 bits per heavy atom. The van der Waals surface area contributed by atoms with Gasteiger partial charge in [-0.3, -0.25) is 9.89 Å². The van der Waals surface area contributed by atoms with Crippen LogP contribution in [0.3, 0.4) is 0 Å². The van der Waals surface area contributed by atoms with E-state index < -0.39 is 0 Å². The van der Waals surface area contributed by atoms with Crippen molar-refractivity contribution in [1.29, 1.82) is 0 Å². The zero-order valence-electron chi connectivity index (χ0n) is 9.93. The molecule has 0 radical (unpaired) electrons. The highest BCUT2D eigenvalue weighted by molar-refractivity contribution is 6.17. The highest BCUT2D eigenvalue weighted by Gasteiger charge is 2.19. The number of nitrogens with one attached hydrogen (secondary N) is 2. The average molecular weight is 244 g/mol. The topological polar surface area (TPSA) is 57.8 Å². The van der Waals surface area contributed by atoms with E-state index in [1.807, 2.05) is 6.92 Å². The van der Waals surface area contributed by atoms with Gasteiger partial charge in [-0.25, -0.2) is 0 Å². The smallest absolute Gasteiger partial charge is 0.254 e. The number of H-pyrrole nitrogens is 1. The van der Waals surface area contributed by atoms with Gasteiger partial charge in [0.05, 0.1) is 11.8 Å². The molecule has 0 saturated heterocycles. The van der Waals surface area contributed by atoms with Crippen LogP contribution in [0.15, 0.2) is 6.20 Å². The van der Waals surface area contributed by atoms with E-state index in [0.717, 1.165) is 12.1 Å². The Morgan fingerprint density at radius 3 is 2.81 bits per heavy atom. The molecular formula is C11H18ClN3O. The van der Waals surface area contributed by atoms with Crippen LogP contribution in [0.1, 0.15) is 36.3 Å². The summed E-state index contributed by atoms with van der Waals surface area (Å²) in [5.74, 6) is 0.516. The number of rotatable bonds is 5. The van der Waals surface area contributed by atoms with Gasteiger partial charge in [0, 0.05) is 18.1 Å². The van der Waals surface area contributed by atoms with Crippen LogP contribution in [0.5, 0.6) is 0 Å². The van der Waals surface area contributed by atoms with Crippen LogP contribution in [0.2, 0.25) is 0 Å². The summed E-state index contributed by atoms with van der Waals surface area (Å²) in [5, 5.41) is 9.45. The Bertz CT molecular complexity index is 360. The fourth-order valence-electron chi connectivity index (χ4n) is 1.34. The Labute approximate surface area is 101 Å². The maximum absolute atomic E-state index is 11.8. The van der Waals surface area contributed by atoms with Crippen molar-refractivity contribution in [2.75, 3.05) is 12.4 Å². The van der Waals surface area contributed by atoms with E-state index in [1.165, 1.54) is 0 Å². The van der Waals surface area contributed by atoms with Crippen LogP contribution in [-0.4, -0.2) is 28.5 Å². The molecule has 5 heteroatoms. The second-order valence-electron chi connectivity index (χ2n) is 4.69. The summed E-state index contributed by atoms with van der Waals surface area (Å²) in [6, 6.07) is 0. The van der Waals surface area contributed by atoms with E-state index in [-0.39, 0.29) is 11.3 Å². The van der Waals surface area contributed by atoms with Gasteiger partial charge in [-0.2, -0.15) is 5.10 Å². The van der Waals surface area contributed by atoms with Crippen molar-refractivity contribution >= 4 is 17.5 Å². The van der Waals surface area contributed by atoms with Gasteiger partial charge in [-0.05, 0) is 18.8 Å². The minimum Gasteiger partial charge on any atom is -0.351 e. The van der Waals surface area contributed by atoms with Crippen molar-refractivity contribution in [3.8, 4) is 0 Å². The lowest BCUT2D eigenvalue weighted by Gasteiger charge is -2.23. The highest BCUT2D eigenvalue weighted by atomic mass is 35.5. The van der Waals surface area contributed by atoms with Crippen LogP contribution in [-0.2, 0) is 0 Å². The third-order valence-electron chi connectivity index (χ3n) is 2.57. The van der Waals surface area contributed by atoms with Gasteiger partial charge in [0.1, 0.15) is 0 Å². The average Bonchev–Trinajstić information content (AvgIpc) is 2.61. The van der Waals surface area contributed by atoms with Crippen molar-refractivity contribution in [3.63, 3.8) is 0 Å². The molecular weight excluding hydrogens is 226 g/mol. The molecule has 90 valence electrons. The molecule has 0 bridgehead atoms. The molecule has 4 nitrogen and oxygen atoms in total. The number of aromatic amines is 1. The van der Waals surface area contributed by atoms with Gasteiger partial charge in [-0.1, -0.05) is 13.8 Å². The number of aryl methyl sites for hydroxylation is 1. The summed E-state index contributed by atoms with van der Waals surface area (Å²) in [4.78, 5) is 11.8. The zero-order chi connectivity index (χ0) is 12.2. The maximum Gasteiger partial charge on any atom is 0.254 e. The minimum absolute atomic E-state index is 0.0229. The molecule has 1 heterocycles. The van der Waals surface area contributed by atoms with Crippen LogP contribution >= 0.6 is 11.6 Å². The van der Waals surface area contributed by atoms with Crippen LogP contribution in [0.25, 0.3) is 0 Å². The first-order valence-corrected chi connectivity index (χ1v) is 5.84. The van der Waals surface area contributed by atoms with E-state index in [2.05, 4.69) is 29.4 Å². The van der Waals surface area contributed by atoms with Crippen LogP contribution in [0.4, 0.5) is 0 Å². The van der Waals surface area contributed by atoms with Crippen LogP contribution < -0.4 is 5.32 Å². The molecule has 0 fully saturated rings. The highest BCUT2D eigenvalue weighted by Crippen LogP contribution is 2.19. The molecule has 0 aliphatic rings. The standard InChI is InChI=1S/C11H18ClN3O/c1-8-9(6-14-15-8)10(16)13-7-11(2,3)4-5-12/h6H,4-5,7H2,1-3H3,(H,13,16)(H,14,15). The van der Waals surface area contributed by atoms with E-state index >= 15 is 0 Å². The monoisotopic (exact) mass is 243 g/mol. The number of alkyl halides is 1. The lowest BCUT2D eigenvalue weighted by atomic mass is 9.90. The number of nitrogens with zero attached hydrogens (tertiary/aromatic N) is 1. The molecule has 0 atom stereocenters. The molecule has 0 saturated carbocycles. The molecule has 2 N–H and O–H groups in total. The third kappa shape index (κ3) is 3.52. The molecule has 1 aromatic rings. The fraction of sp³-hybridized carbons (Fsp3) is 0.636. The van der Waals surface area contributed by atoms with E-state index in [9.17, 15) is 4.79 Å². The van der Waals surface area contributed by atoms with Gasteiger partial charge in [0.2, 0.25) is 0 Å². The second-order valence-corrected chi connectivity index (χ2v) is 5.07. The molecule has 0 aliphatic heterocycles. The number of hydrogen-bond donors (Lipinski definition) is 2. The molecule has 16 heavy (non-hydrogen) atoms. The van der Waals surface area contributed by atoms with E-state index in [4.69, 9.17) is 11.6 Å². The molecule has 0 unspecified atom stereocenters. The molecule has 0 spiro atoms. The summed E-state index contributed by atoms with van der Waals surface area (Å²) in [5.41, 5.74) is 1.41. The van der Waals surface area contributed by atoms with Crippen LogP contribution in [0, 0.1) is 12.3 Å². The zero-order valence-corrected chi connectivity index (χ0v) is 10.7. The van der Waals surface area contributed by atoms with Gasteiger partial charge in [0.15, 0.2) is 0 Å². The molecule has 0 aromatic carbocycles. The van der Waals surface area contributed by atoms with Crippen molar-refractivity contribution in [3.05, 3.63) is 17.5 Å². The lowest BCUT2D eigenvalue weighted by Crippen LogP contribution is -2.34. The minimum atomic E-state index is -0.0890. The quantitative estimate of drug-likeness (QED) is 0.779. The second kappa shape index (κ2) is 5.34. The predicted molar refractivity (Wildman–Crippen MR) is 64.8 cm³/mol. The van der Waals surface area contributed by atoms with E-state index in [1.54, 1.807) is 6.20 Å². The summed E-state index contributed by atoms with van der Waals surface area (Å²) in [7, 11) is 0. The van der Waals surface area contributed by atoms with Gasteiger partial charge in [0.25, 0.3) is 5.91 Å². The normalized spacial score (nSPS) is 11.5. The number of carbonyl (C=O) groups excluding carboxylic acids is 1. The number of carbonyl (C=O) groups is 1. The number of hydrogen-bond acceptors (Lipinski definition) is 2. The Hall–Kier alpha value is -1.03. The first-order chi connectivity index (χ1) is 7.46. The number of amides is 1. The van der Waals surface area contributed by atoms with Crippen molar-refractivity contribution in [2.45, 2.75) is 27.2 Å². The lowest BCUT2D eigenvalue weighted by molar-refractivity contribution is 0.0935. The van der Waals surface area contributed by atoms with Gasteiger partial charge >= 0.3 is 0 Å². The molecule has 1 rings (SSSR count). The third-order valence-corrected chi connectivity index (χ3v) is 2.76. The summed E-state index contributed by atoms with van der Waals surface area (Å²) < 4.78 is 0. The number of aromatic nitrogens is 2. The first kappa shape index (κ1) is 13.0. The summed E-state index contributed by atoms with van der Waals surface area (Å²) >= 11 is 5.70. The molecule has 1 amide bonds. The van der Waals surface area contributed by atoms with Crippen molar-refractivity contribution < 1.29 is 4.79 Å². The summed E-state index contributed by atoms with van der Waals surface area (Å²) in [6.07, 6.45) is 2.42. The number of halogens is 1. The van der Waals surface area contributed by atoms with Crippen molar-refractivity contribution in [2.24, 2.45) is 5.41 Å². The largest absolute Gasteiger partial charge is 0.351 e. The Morgan fingerprint density at radius 1 is 1.62 bits per heavy atom. The Kier molecular flexibility index (Phi) is 4.35. The van der Waals surface area contributed by atoms with E-state index in [0.29, 0.717) is 18.0 Å². The molecule has 0 aliphatic carbocycles.